The van der Waals surface area contributed by atoms with E-state index in [9.17, 15) is 4.79 Å². The predicted molar refractivity (Wildman–Crippen MR) is 113 cm³/mol. The number of aromatic nitrogens is 3. The van der Waals surface area contributed by atoms with Crippen LogP contribution in [0.25, 0.3) is 22.2 Å². The highest BCUT2D eigenvalue weighted by Crippen LogP contribution is 2.37. The standard InChI is InChI=1S/C21H24ClN5O/c1-21(2,3)27-12-16(14-6-8-15(22)9-7-14)17-18(23-13-24-19(17)27)25-20(28)26-10-4-5-11-26/h6-9,12-13H,4-5,10-11H2,1-3H3,(H,23,24,25,28). The van der Waals surface area contributed by atoms with Crippen LogP contribution in [0.3, 0.4) is 0 Å². The average Bonchev–Trinajstić information content (AvgIpc) is 3.30. The molecule has 1 saturated heterocycles. The summed E-state index contributed by atoms with van der Waals surface area (Å²) >= 11 is 6.08. The number of rotatable bonds is 2. The lowest BCUT2D eigenvalue weighted by atomic mass is 10.1. The maximum atomic E-state index is 12.7. The minimum absolute atomic E-state index is 0.108. The summed E-state index contributed by atoms with van der Waals surface area (Å²) in [6.45, 7) is 7.95. The highest BCUT2D eigenvalue weighted by atomic mass is 35.5. The number of benzene rings is 1. The summed E-state index contributed by atoms with van der Waals surface area (Å²) in [6, 6.07) is 7.57. The van der Waals surface area contributed by atoms with Crippen molar-refractivity contribution in [3.8, 4) is 11.1 Å². The molecule has 0 atom stereocenters. The van der Waals surface area contributed by atoms with Crippen molar-refractivity contribution in [3.05, 3.63) is 41.8 Å². The molecule has 2 aromatic heterocycles. The zero-order chi connectivity index (χ0) is 19.9. The van der Waals surface area contributed by atoms with E-state index >= 15 is 0 Å². The molecule has 146 valence electrons. The lowest BCUT2D eigenvalue weighted by molar-refractivity contribution is 0.222. The number of hydrogen-bond donors (Lipinski definition) is 1. The summed E-state index contributed by atoms with van der Waals surface area (Å²) in [4.78, 5) is 23.5. The Kier molecular flexibility index (Phi) is 4.75. The molecule has 1 aliphatic rings. The first-order chi connectivity index (χ1) is 13.3. The van der Waals surface area contributed by atoms with Crippen molar-refractivity contribution in [1.82, 2.24) is 19.4 Å². The molecule has 6 nitrogen and oxygen atoms in total. The van der Waals surface area contributed by atoms with Gasteiger partial charge in [-0.3, -0.25) is 5.32 Å². The van der Waals surface area contributed by atoms with E-state index < -0.39 is 0 Å². The van der Waals surface area contributed by atoms with E-state index in [-0.39, 0.29) is 11.6 Å². The summed E-state index contributed by atoms with van der Waals surface area (Å²) in [5.41, 5.74) is 2.60. The minimum Gasteiger partial charge on any atom is -0.326 e. The second-order valence-corrected chi connectivity index (χ2v) is 8.57. The van der Waals surface area contributed by atoms with Crippen LogP contribution < -0.4 is 5.32 Å². The maximum absolute atomic E-state index is 12.7. The van der Waals surface area contributed by atoms with Gasteiger partial charge in [0.1, 0.15) is 17.8 Å². The summed E-state index contributed by atoms with van der Waals surface area (Å²) < 4.78 is 2.12. The van der Waals surface area contributed by atoms with E-state index in [0.717, 1.165) is 48.1 Å². The monoisotopic (exact) mass is 397 g/mol. The van der Waals surface area contributed by atoms with Gasteiger partial charge in [-0.15, -0.1) is 0 Å². The van der Waals surface area contributed by atoms with Crippen LogP contribution in [0.1, 0.15) is 33.6 Å². The molecule has 0 saturated carbocycles. The van der Waals surface area contributed by atoms with E-state index in [2.05, 4.69) is 46.8 Å². The lowest BCUT2D eigenvalue weighted by Gasteiger charge is -2.22. The Balaban J connectivity index is 1.87. The molecular formula is C21H24ClN5O. The van der Waals surface area contributed by atoms with Crippen LogP contribution in [-0.4, -0.2) is 38.6 Å². The van der Waals surface area contributed by atoms with E-state index in [1.807, 2.05) is 29.2 Å². The van der Waals surface area contributed by atoms with Crippen LogP contribution in [-0.2, 0) is 5.54 Å². The fraction of sp³-hybridized carbons (Fsp3) is 0.381. The van der Waals surface area contributed by atoms with Gasteiger partial charge in [-0.25, -0.2) is 14.8 Å². The topological polar surface area (TPSA) is 63.1 Å². The zero-order valence-electron chi connectivity index (χ0n) is 16.4. The molecule has 1 aliphatic heterocycles. The molecule has 4 rings (SSSR count). The molecule has 0 unspecified atom stereocenters. The SMILES string of the molecule is CC(C)(C)n1cc(-c2ccc(Cl)cc2)c2c(NC(=O)N3CCCC3)ncnc21. The fourth-order valence-corrected chi connectivity index (χ4v) is 3.74. The third-order valence-corrected chi connectivity index (χ3v) is 5.33. The molecule has 1 fully saturated rings. The van der Waals surface area contributed by atoms with Crippen LogP contribution in [0.4, 0.5) is 10.6 Å². The number of carbonyl (C=O) groups is 1. The Hall–Kier alpha value is -2.60. The number of nitrogens with one attached hydrogen (secondary N) is 1. The number of anilines is 1. The molecule has 0 spiro atoms. The Morgan fingerprint density at radius 2 is 1.79 bits per heavy atom. The minimum atomic E-state index is -0.173. The summed E-state index contributed by atoms with van der Waals surface area (Å²) in [5, 5.41) is 4.53. The third kappa shape index (κ3) is 3.44. The molecule has 3 heterocycles. The summed E-state index contributed by atoms with van der Waals surface area (Å²) in [6.07, 6.45) is 5.68. The van der Waals surface area contributed by atoms with E-state index in [1.165, 1.54) is 6.33 Å². The summed E-state index contributed by atoms with van der Waals surface area (Å²) in [7, 11) is 0. The van der Waals surface area contributed by atoms with Crippen molar-refractivity contribution in [1.29, 1.82) is 0 Å². The second-order valence-electron chi connectivity index (χ2n) is 8.14. The second kappa shape index (κ2) is 7.09. The van der Waals surface area contributed by atoms with E-state index in [4.69, 9.17) is 11.6 Å². The molecule has 3 aromatic rings. The number of urea groups is 1. The van der Waals surface area contributed by atoms with E-state index in [1.54, 1.807) is 0 Å². The normalized spacial score (nSPS) is 14.6. The first-order valence-electron chi connectivity index (χ1n) is 9.53. The number of nitrogens with zero attached hydrogens (tertiary/aromatic N) is 4. The molecule has 1 aromatic carbocycles. The van der Waals surface area contributed by atoms with Gasteiger partial charge >= 0.3 is 6.03 Å². The first kappa shape index (κ1) is 18.7. The quantitative estimate of drug-likeness (QED) is 0.651. The fourth-order valence-electron chi connectivity index (χ4n) is 3.62. The molecule has 2 amide bonds. The van der Waals surface area contributed by atoms with Crippen LogP contribution in [0.2, 0.25) is 5.02 Å². The van der Waals surface area contributed by atoms with Gasteiger partial charge in [0.2, 0.25) is 0 Å². The molecule has 0 radical (unpaired) electrons. The van der Waals surface area contributed by atoms with Gasteiger partial charge in [0.25, 0.3) is 0 Å². The number of fused-ring (bicyclic) bond motifs is 1. The van der Waals surface area contributed by atoms with Crippen LogP contribution in [0.5, 0.6) is 0 Å². The molecule has 1 N–H and O–H groups in total. The van der Waals surface area contributed by atoms with Crippen LogP contribution >= 0.6 is 11.6 Å². The molecule has 7 heteroatoms. The maximum Gasteiger partial charge on any atom is 0.323 e. The van der Waals surface area contributed by atoms with Gasteiger partial charge in [-0.2, -0.15) is 0 Å². The van der Waals surface area contributed by atoms with Crippen molar-refractivity contribution in [2.24, 2.45) is 0 Å². The highest BCUT2D eigenvalue weighted by molar-refractivity contribution is 6.30. The summed E-state index contributed by atoms with van der Waals surface area (Å²) in [5.74, 6) is 0.537. The van der Waals surface area contributed by atoms with Crippen molar-refractivity contribution in [3.63, 3.8) is 0 Å². The molecule has 0 bridgehead atoms. The molecular weight excluding hydrogens is 374 g/mol. The number of amides is 2. The Morgan fingerprint density at radius 1 is 1.11 bits per heavy atom. The molecule has 0 aliphatic carbocycles. The van der Waals surface area contributed by atoms with Crippen LogP contribution in [0.15, 0.2) is 36.8 Å². The highest BCUT2D eigenvalue weighted by Gasteiger charge is 2.25. The predicted octanol–water partition coefficient (Wildman–Crippen LogP) is 5.13. The number of likely N-dealkylation sites (tertiary alicyclic amines) is 1. The zero-order valence-corrected chi connectivity index (χ0v) is 17.1. The smallest absolute Gasteiger partial charge is 0.323 e. The average molecular weight is 398 g/mol. The van der Waals surface area contributed by atoms with Gasteiger partial charge in [0, 0.05) is 35.4 Å². The van der Waals surface area contributed by atoms with E-state index in [0.29, 0.717) is 10.8 Å². The van der Waals surface area contributed by atoms with Crippen molar-refractivity contribution in [2.45, 2.75) is 39.2 Å². The van der Waals surface area contributed by atoms with Gasteiger partial charge in [-0.1, -0.05) is 23.7 Å². The Labute approximate surface area is 169 Å². The van der Waals surface area contributed by atoms with Gasteiger partial charge < -0.3 is 9.47 Å². The van der Waals surface area contributed by atoms with Gasteiger partial charge in [0.05, 0.1) is 5.39 Å². The Morgan fingerprint density at radius 3 is 2.43 bits per heavy atom. The largest absolute Gasteiger partial charge is 0.326 e. The molecule has 28 heavy (non-hydrogen) atoms. The Bertz CT molecular complexity index is 1010. The van der Waals surface area contributed by atoms with Crippen LogP contribution in [0, 0.1) is 0 Å². The van der Waals surface area contributed by atoms with Crippen molar-refractivity contribution >= 4 is 34.5 Å². The van der Waals surface area contributed by atoms with Crippen molar-refractivity contribution < 1.29 is 4.79 Å². The van der Waals surface area contributed by atoms with Gasteiger partial charge in [0.15, 0.2) is 0 Å². The van der Waals surface area contributed by atoms with Crippen molar-refractivity contribution in [2.75, 3.05) is 18.4 Å². The number of halogens is 1. The third-order valence-electron chi connectivity index (χ3n) is 5.08. The number of hydrogen-bond acceptors (Lipinski definition) is 3. The lowest BCUT2D eigenvalue weighted by Crippen LogP contribution is -2.32. The number of carbonyl (C=O) groups excluding carboxylic acids is 1. The first-order valence-corrected chi connectivity index (χ1v) is 9.91. The van der Waals surface area contributed by atoms with Gasteiger partial charge in [-0.05, 0) is 51.3 Å².